The van der Waals surface area contributed by atoms with E-state index in [1.165, 1.54) is 14.0 Å². The van der Waals surface area contributed by atoms with Gasteiger partial charge in [-0.25, -0.2) is 17.9 Å². The summed E-state index contributed by atoms with van der Waals surface area (Å²) in [5.41, 5.74) is 1.87. The van der Waals surface area contributed by atoms with Crippen molar-refractivity contribution in [2.45, 2.75) is 95.3 Å². The number of halogens is 1. The van der Waals surface area contributed by atoms with E-state index in [-0.39, 0.29) is 30.4 Å². The molecular weight excluding hydrogens is 722 g/mol. The number of anilines is 1. The summed E-state index contributed by atoms with van der Waals surface area (Å²) in [4.78, 5) is 41.8. The van der Waals surface area contributed by atoms with Crippen LogP contribution in [-0.2, 0) is 42.1 Å². The summed E-state index contributed by atoms with van der Waals surface area (Å²) in [6.45, 7) is 6.21. The van der Waals surface area contributed by atoms with E-state index in [4.69, 9.17) is 25.8 Å². The highest BCUT2D eigenvalue weighted by molar-refractivity contribution is 7.90. The van der Waals surface area contributed by atoms with Crippen LogP contribution in [0.2, 0.25) is 5.02 Å². The first-order valence-electron chi connectivity index (χ1n) is 18.3. The third-order valence-electron chi connectivity index (χ3n) is 11.2. The average molecular weight is 774 g/mol. The molecule has 2 amide bonds. The Hall–Kier alpha value is -3.65. The molecular formula is C39H52ClN3O9S. The molecule has 2 heterocycles. The number of allylic oxidation sites excluding steroid dienone is 1. The van der Waals surface area contributed by atoms with Crippen LogP contribution in [0.5, 0.6) is 5.75 Å². The van der Waals surface area contributed by atoms with Gasteiger partial charge < -0.3 is 29.5 Å². The summed E-state index contributed by atoms with van der Waals surface area (Å²) in [7, 11) is -1.34. The first-order chi connectivity index (χ1) is 25.2. The number of rotatable bonds is 6. The molecule has 0 unspecified atom stereocenters. The van der Waals surface area contributed by atoms with Crippen LogP contribution >= 0.6 is 11.6 Å². The Bertz CT molecular complexity index is 1800. The van der Waals surface area contributed by atoms with Crippen LogP contribution in [-0.4, -0.2) is 81.6 Å². The van der Waals surface area contributed by atoms with E-state index < -0.39 is 56.7 Å². The van der Waals surface area contributed by atoms with E-state index in [1.807, 2.05) is 30.4 Å². The Morgan fingerprint density at radius 3 is 2.58 bits per heavy atom. The maximum absolute atomic E-state index is 13.7. The van der Waals surface area contributed by atoms with E-state index in [0.29, 0.717) is 36.0 Å². The molecule has 3 aliphatic rings. The second kappa shape index (κ2) is 17.2. The minimum Gasteiger partial charge on any atom is -0.487 e. The van der Waals surface area contributed by atoms with Gasteiger partial charge in [0.2, 0.25) is 15.9 Å². The lowest BCUT2D eigenvalue weighted by Gasteiger charge is -2.49. The van der Waals surface area contributed by atoms with Crippen LogP contribution in [0.1, 0.15) is 80.8 Å². The molecule has 2 bridgehead atoms. The zero-order chi connectivity index (χ0) is 38.5. The lowest BCUT2D eigenvalue weighted by atomic mass is 9.63. The van der Waals surface area contributed by atoms with Gasteiger partial charge in [0.05, 0.1) is 36.2 Å². The monoisotopic (exact) mass is 773 g/mol. The van der Waals surface area contributed by atoms with E-state index in [0.717, 1.165) is 43.2 Å². The predicted octanol–water partition coefficient (Wildman–Crippen LogP) is 4.95. The molecule has 1 saturated carbocycles. The van der Waals surface area contributed by atoms with E-state index in [1.54, 1.807) is 39.2 Å². The Kier molecular flexibility index (Phi) is 13.2. The highest BCUT2D eigenvalue weighted by Crippen LogP contribution is 2.47. The zero-order valence-electron chi connectivity index (χ0n) is 31.1. The molecule has 2 aromatic rings. The van der Waals surface area contributed by atoms with Gasteiger partial charge in [0.1, 0.15) is 12.4 Å². The van der Waals surface area contributed by atoms with Crippen LogP contribution < -0.4 is 19.7 Å². The van der Waals surface area contributed by atoms with Gasteiger partial charge in [0, 0.05) is 30.8 Å². The minimum atomic E-state index is -4.08. The number of amides is 2. The molecule has 53 heavy (non-hydrogen) atoms. The van der Waals surface area contributed by atoms with E-state index in [9.17, 15) is 27.9 Å². The molecule has 2 aromatic carbocycles. The molecule has 14 heteroatoms. The molecule has 0 radical (unpaired) electrons. The molecule has 5 rings (SSSR count). The van der Waals surface area contributed by atoms with Crippen molar-refractivity contribution in [3.8, 4) is 5.75 Å². The van der Waals surface area contributed by atoms with Crippen LogP contribution in [0.15, 0.2) is 48.6 Å². The van der Waals surface area contributed by atoms with Gasteiger partial charge >= 0.3 is 5.97 Å². The number of esters is 1. The second-order valence-corrected chi connectivity index (χ2v) is 17.1. The fourth-order valence-corrected chi connectivity index (χ4v) is 9.12. The fraction of sp³-hybridized carbons (Fsp3) is 0.564. The first kappa shape index (κ1) is 40.5. The van der Waals surface area contributed by atoms with E-state index in [2.05, 4.69) is 14.9 Å². The number of hydrogen-bond donors (Lipinski definition) is 3. The number of nitrogens with one attached hydrogen (secondary N) is 2. The Morgan fingerprint density at radius 2 is 1.91 bits per heavy atom. The predicted molar refractivity (Wildman–Crippen MR) is 202 cm³/mol. The Balaban J connectivity index is 1.56. The molecule has 0 spiro atoms. The van der Waals surface area contributed by atoms with Crippen molar-refractivity contribution in [2.75, 3.05) is 32.2 Å². The number of hydrogen-bond acceptors (Lipinski definition) is 10. The second-order valence-electron chi connectivity index (χ2n) is 14.7. The molecule has 0 aromatic heterocycles. The lowest BCUT2D eigenvalue weighted by molar-refractivity contribution is -0.149. The van der Waals surface area contributed by atoms with Crippen molar-refractivity contribution in [2.24, 2.45) is 17.8 Å². The van der Waals surface area contributed by atoms with Crippen LogP contribution in [0, 0.1) is 17.8 Å². The largest absolute Gasteiger partial charge is 0.487 e. The smallest absolute Gasteiger partial charge is 0.331 e. The van der Waals surface area contributed by atoms with Crippen molar-refractivity contribution in [3.63, 3.8) is 0 Å². The number of carbonyl (C=O) groups is 3. The molecule has 12 nitrogen and oxygen atoms in total. The van der Waals surface area contributed by atoms with Crippen LogP contribution in [0.4, 0.5) is 5.69 Å². The summed E-state index contributed by atoms with van der Waals surface area (Å²) >= 11 is 6.36. The normalized spacial score (nSPS) is 27.8. The van der Waals surface area contributed by atoms with Gasteiger partial charge in [0.15, 0.2) is 6.04 Å². The number of aryl methyl sites for hydroxylation is 1. The molecule has 290 valence electrons. The lowest BCUT2D eigenvalue weighted by Crippen LogP contribution is -2.55. The molecule has 7 atom stereocenters. The quantitative estimate of drug-likeness (QED) is 0.271. The van der Waals surface area contributed by atoms with Gasteiger partial charge in [-0.2, -0.15) is 0 Å². The number of fused-ring (bicyclic) bond motifs is 3. The summed E-state index contributed by atoms with van der Waals surface area (Å²) in [5.74, 6) is -1.92. The van der Waals surface area contributed by atoms with Crippen molar-refractivity contribution in [1.82, 2.24) is 10.0 Å². The topological polar surface area (TPSA) is 161 Å². The molecule has 0 saturated heterocycles. The van der Waals surface area contributed by atoms with E-state index >= 15 is 0 Å². The van der Waals surface area contributed by atoms with Gasteiger partial charge in [-0.15, -0.1) is 0 Å². The molecule has 1 fully saturated rings. The maximum Gasteiger partial charge on any atom is 0.331 e. The molecule has 1 aliphatic carbocycles. The highest BCUT2D eigenvalue weighted by Gasteiger charge is 2.49. The zero-order valence-corrected chi connectivity index (χ0v) is 32.7. The number of aliphatic hydroxyl groups is 1. The van der Waals surface area contributed by atoms with Gasteiger partial charge in [-0.3, -0.25) is 9.59 Å². The first-order valence-corrected chi connectivity index (χ1v) is 20.2. The third-order valence-corrected chi connectivity index (χ3v) is 13.4. The maximum atomic E-state index is 13.7. The summed E-state index contributed by atoms with van der Waals surface area (Å²) in [6.07, 6.45) is 6.78. The van der Waals surface area contributed by atoms with Gasteiger partial charge in [-0.1, -0.05) is 36.7 Å². The minimum absolute atomic E-state index is 0.0525. The summed E-state index contributed by atoms with van der Waals surface area (Å²) in [6, 6.07) is 9.52. The Morgan fingerprint density at radius 1 is 1.13 bits per heavy atom. The Labute approximate surface area is 317 Å². The molecule has 3 N–H and O–H groups in total. The summed E-state index contributed by atoms with van der Waals surface area (Å²) in [5, 5.41) is 12.6. The van der Waals surface area contributed by atoms with Crippen LogP contribution in [0.3, 0.4) is 0 Å². The van der Waals surface area contributed by atoms with Crippen molar-refractivity contribution < 1.29 is 42.1 Å². The fourth-order valence-electron chi connectivity index (χ4n) is 7.64. The third kappa shape index (κ3) is 9.36. The number of ether oxygens (including phenoxy) is 3. The van der Waals surface area contributed by atoms with Gasteiger partial charge in [0.25, 0.3) is 5.91 Å². The standard InChI is InChI=1S/C39H52ClN3O9S/c1-24-9-8-17-39(51-5,21-35(45)41-36(25(2)44)38(47)50-4)32-15-12-29(32)22-43-18-7-6-10-27-19-31(40)14-11-30(27)23-52-34-16-13-28(20-33(34)43)37(46)42-53(48,49)26(24)3/h8,11,13-14,16-17,19-20,24-26,29,32,36,44H,6-7,9-10,12,15,18,21-23H2,1-5H3,(H,41,45)(H,42,46)/b17-8+/t24-,25+,26+,29-,32+,36+,39+/m0/s1. The van der Waals surface area contributed by atoms with Gasteiger partial charge in [-0.05, 0) is 112 Å². The number of nitrogens with zero attached hydrogens (tertiary/aromatic N) is 1. The van der Waals surface area contributed by atoms with Crippen LogP contribution in [0.25, 0.3) is 0 Å². The molecule has 2 aliphatic heterocycles. The van der Waals surface area contributed by atoms with Crippen molar-refractivity contribution in [3.05, 3.63) is 70.3 Å². The highest BCUT2D eigenvalue weighted by atomic mass is 35.5. The number of benzene rings is 2. The average Bonchev–Trinajstić information content (AvgIpc) is 3.13. The number of carbonyl (C=O) groups excluding carboxylic acids is 3. The van der Waals surface area contributed by atoms with Crippen molar-refractivity contribution >= 4 is 45.1 Å². The van der Waals surface area contributed by atoms with Crippen molar-refractivity contribution in [1.29, 1.82) is 0 Å². The number of aliphatic hydroxyl groups excluding tert-OH is 1. The number of methoxy groups -OCH3 is 2. The number of sulfonamides is 1. The summed E-state index contributed by atoms with van der Waals surface area (Å²) < 4.78 is 46.9. The SMILES string of the molecule is COC(=O)[C@H](NC(=O)C[C@]1(OC)/C=C/C[C@H](C)[C@@H](C)S(=O)(=O)NC(=O)c2ccc3c(c2)N(CCCCc2cc(Cl)ccc2CO3)C[C@@H]2CC[C@H]21)[C@@H](C)O.